The van der Waals surface area contributed by atoms with E-state index >= 15 is 0 Å². The van der Waals surface area contributed by atoms with Crippen molar-refractivity contribution in [2.45, 2.75) is 6.54 Å². The van der Waals surface area contributed by atoms with Crippen LogP contribution in [0, 0.1) is 0 Å². The summed E-state index contributed by atoms with van der Waals surface area (Å²) in [5.74, 6) is 0.697. The molecular formula is C13H18N4O2. The molecule has 0 aliphatic rings. The van der Waals surface area contributed by atoms with Crippen LogP contribution in [0.4, 0.5) is 0 Å². The van der Waals surface area contributed by atoms with E-state index in [4.69, 9.17) is 4.74 Å². The molecule has 0 saturated carbocycles. The molecule has 19 heavy (non-hydrogen) atoms. The maximum absolute atomic E-state index is 11.5. The quantitative estimate of drug-likeness (QED) is 0.632. The molecule has 0 spiro atoms. The third kappa shape index (κ3) is 4.04. The number of nitrogens with one attached hydrogen (secondary N) is 3. The van der Waals surface area contributed by atoms with Crippen molar-refractivity contribution in [1.29, 1.82) is 0 Å². The van der Waals surface area contributed by atoms with Crippen LogP contribution in [0.5, 0.6) is 0 Å². The normalized spacial score (nSPS) is 10.8. The summed E-state index contributed by atoms with van der Waals surface area (Å²) >= 11 is 0. The van der Waals surface area contributed by atoms with Crippen LogP contribution in [-0.4, -0.2) is 42.7 Å². The van der Waals surface area contributed by atoms with Crippen molar-refractivity contribution in [1.82, 2.24) is 20.6 Å². The molecule has 0 aliphatic carbocycles. The number of nitrogens with zero attached hydrogens (tertiary/aromatic N) is 1. The molecule has 0 fully saturated rings. The number of para-hydroxylation sites is 2. The molecule has 3 N–H and O–H groups in total. The van der Waals surface area contributed by atoms with Crippen LogP contribution < -0.4 is 10.6 Å². The monoisotopic (exact) mass is 262 g/mol. The van der Waals surface area contributed by atoms with E-state index in [2.05, 4.69) is 20.6 Å². The molecule has 0 atom stereocenters. The summed E-state index contributed by atoms with van der Waals surface area (Å²) < 4.78 is 4.88. The summed E-state index contributed by atoms with van der Waals surface area (Å²) in [5.41, 5.74) is 1.88. The predicted molar refractivity (Wildman–Crippen MR) is 72.7 cm³/mol. The van der Waals surface area contributed by atoms with Crippen molar-refractivity contribution < 1.29 is 9.53 Å². The number of rotatable bonds is 7. The molecule has 0 bridgehead atoms. The van der Waals surface area contributed by atoms with Crippen molar-refractivity contribution in [3.05, 3.63) is 30.1 Å². The number of ether oxygens (including phenoxy) is 1. The fraction of sp³-hybridized carbons (Fsp3) is 0.385. The van der Waals surface area contributed by atoms with Gasteiger partial charge in [-0.2, -0.15) is 0 Å². The smallest absolute Gasteiger partial charge is 0.234 e. The Labute approximate surface area is 111 Å². The summed E-state index contributed by atoms with van der Waals surface area (Å²) in [7, 11) is 1.63. The van der Waals surface area contributed by atoms with Crippen LogP contribution in [-0.2, 0) is 16.1 Å². The highest BCUT2D eigenvalue weighted by molar-refractivity contribution is 5.78. The lowest BCUT2D eigenvalue weighted by atomic mass is 10.3. The number of carbonyl (C=O) groups excluding carboxylic acids is 1. The Bertz CT molecular complexity index is 505. The topological polar surface area (TPSA) is 79.0 Å². The van der Waals surface area contributed by atoms with Gasteiger partial charge in [0.15, 0.2) is 0 Å². The Balaban J connectivity index is 1.77. The molecular weight excluding hydrogens is 244 g/mol. The van der Waals surface area contributed by atoms with Gasteiger partial charge in [-0.05, 0) is 12.1 Å². The highest BCUT2D eigenvalue weighted by Gasteiger charge is 2.04. The van der Waals surface area contributed by atoms with Crippen molar-refractivity contribution >= 4 is 16.9 Å². The van der Waals surface area contributed by atoms with Crippen molar-refractivity contribution in [2.75, 3.05) is 26.8 Å². The first-order valence-electron chi connectivity index (χ1n) is 6.19. The number of H-pyrrole nitrogens is 1. The Hall–Kier alpha value is -1.92. The van der Waals surface area contributed by atoms with E-state index in [0.29, 0.717) is 19.7 Å². The SMILES string of the molecule is COCCNCC(=O)NCc1nc2ccccc2[nH]1. The summed E-state index contributed by atoms with van der Waals surface area (Å²) in [6.07, 6.45) is 0. The van der Waals surface area contributed by atoms with Crippen LogP contribution in [0.2, 0.25) is 0 Å². The lowest BCUT2D eigenvalue weighted by Crippen LogP contribution is -2.35. The zero-order chi connectivity index (χ0) is 13.5. The van der Waals surface area contributed by atoms with Gasteiger partial charge in [-0.1, -0.05) is 12.1 Å². The molecule has 1 heterocycles. The van der Waals surface area contributed by atoms with Gasteiger partial charge in [-0.15, -0.1) is 0 Å². The minimum absolute atomic E-state index is 0.0587. The van der Waals surface area contributed by atoms with E-state index in [1.807, 2.05) is 24.3 Å². The molecule has 0 radical (unpaired) electrons. The molecule has 1 amide bonds. The number of hydrogen-bond acceptors (Lipinski definition) is 4. The first-order chi connectivity index (χ1) is 9.29. The third-order valence-corrected chi connectivity index (χ3v) is 2.66. The van der Waals surface area contributed by atoms with Gasteiger partial charge >= 0.3 is 0 Å². The highest BCUT2D eigenvalue weighted by atomic mass is 16.5. The second kappa shape index (κ2) is 6.86. The van der Waals surface area contributed by atoms with Crippen LogP contribution in [0.15, 0.2) is 24.3 Å². The van der Waals surface area contributed by atoms with Crippen molar-refractivity contribution in [3.63, 3.8) is 0 Å². The van der Waals surface area contributed by atoms with Crippen LogP contribution >= 0.6 is 0 Å². The summed E-state index contributed by atoms with van der Waals surface area (Å²) in [5, 5.41) is 5.78. The number of methoxy groups -OCH3 is 1. The average molecular weight is 262 g/mol. The number of hydrogen-bond donors (Lipinski definition) is 3. The second-order valence-corrected chi connectivity index (χ2v) is 4.15. The number of carbonyl (C=O) groups is 1. The number of amides is 1. The van der Waals surface area contributed by atoms with Gasteiger partial charge in [-0.3, -0.25) is 4.79 Å². The average Bonchev–Trinajstić information content (AvgIpc) is 2.84. The van der Waals surface area contributed by atoms with Gasteiger partial charge in [0.05, 0.1) is 30.7 Å². The predicted octanol–water partition coefficient (Wildman–Crippen LogP) is 0.415. The van der Waals surface area contributed by atoms with Gasteiger partial charge in [0.2, 0.25) is 5.91 Å². The molecule has 6 nitrogen and oxygen atoms in total. The van der Waals surface area contributed by atoms with E-state index in [0.717, 1.165) is 16.9 Å². The Kier molecular flexibility index (Phi) is 4.88. The first-order valence-corrected chi connectivity index (χ1v) is 6.19. The third-order valence-electron chi connectivity index (χ3n) is 2.66. The first kappa shape index (κ1) is 13.5. The molecule has 1 aromatic heterocycles. The van der Waals surface area contributed by atoms with Gasteiger partial charge in [0.1, 0.15) is 5.82 Å². The standard InChI is InChI=1S/C13H18N4O2/c1-19-7-6-14-9-13(18)15-8-12-16-10-4-2-3-5-11(10)17-12/h2-5,14H,6-9H2,1H3,(H,15,18)(H,16,17). The molecule has 6 heteroatoms. The second-order valence-electron chi connectivity index (χ2n) is 4.15. The van der Waals surface area contributed by atoms with E-state index in [1.165, 1.54) is 0 Å². The number of imidazole rings is 1. The molecule has 2 rings (SSSR count). The molecule has 0 unspecified atom stereocenters. The molecule has 0 aliphatic heterocycles. The van der Waals surface area contributed by atoms with Crippen LogP contribution in [0.25, 0.3) is 11.0 Å². The molecule has 2 aromatic rings. The lowest BCUT2D eigenvalue weighted by molar-refractivity contribution is -0.120. The zero-order valence-electron chi connectivity index (χ0n) is 10.9. The van der Waals surface area contributed by atoms with Gasteiger partial charge in [0.25, 0.3) is 0 Å². The van der Waals surface area contributed by atoms with Gasteiger partial charge in [-0.25, -0.2) is 4.98 Å². The minimum Gasteiger partial charge on any atom is -0.383 e. The van der Waals surface area contributed by atoms with E-state index in [-0.39, 0.29) is 12.5 Å². The van der Waals surface area contributed by atoms with Gasteiger partial charge in [0, 0.05) is 13.7 Å². The molecule has 0 saturated heterocycles. The maximum Gasteiger partial charge on any atom is 0.234 e. The van der Waals surface area contributed by atoms with E-state index in [1.54, 1.807) is 7.11 Å². The summed E-state index contributed by atoms with van der Waals surface area (Å²) in [6, 6.07) is 7.78. The zero-order valence-corrected chi connectivity index (χ0v) is 10.9. The van der Waals surface area contributed by atoms with E-state index in [9.17, 15) is 4.79 Å². The largest absolute Gasteiger partial charge is 0.383 e. The Morgan fingerprint density at radius 3 is 3.05 bits per heavy atom. The highest BCUT2D eigenvalue weighted by Crippen LogP contribution is 2.09. The summed E-state index contributed by atoms with van der Waals surface area (Å²) in [4.78, 5) is 19.1. The molecule has 102 valence electrons. The fourth-order valence-electron chi connectivity index (χ4n) is 1.71. The van der Waals surface area contributed by atoms with Crippen molar-refractivity contribution in [3.8, 4) is 0 Å². The fourth-order valence-corrected chi connectivity index (χ4v) is 1.71. The Morgan fingerprint density at radius 1 is 1.42 bits per heavy atom. The number of benzene rings is 1. The lowest BCUT2D eigenvalue weighted by Gasteiger charge is -2.04. The minimum atomic E-state index is -0.0587. The Morgan fingerprint density at radius 2 is 2.26 bits per heavy atom. The number of aromatic nitrogens is 2. The van der Waals surface area contributed by atoms with Crippen LogP contribution in [0.1, 0.15) is 5.82 Å². The maximum atomic E-state index is 11.5. The summed E-state index contributed by atoms with van der Waals surface area (Å²) in [6.45, 7) is 1.94. The number of aromatic amines is 1. The molecule has 1 aromatic carbocycles. The van der Waals surface area contributed by atoms with Crippen LogP contribution in [0.3, 0.4) is 0 Å². The van der Waals surface area contributed by atoms with E-state index < -0.39 is 0 Å². The van der Waals surface area contributed by atoms with Crippen molar-refractivity contribution in [2.24, 2.45) is 0 Å². The number of fused-ring (bicyclic) bond motifs is 1. The van der Waals surface area contributed by atoms with Gasteiger partial charge < -0.3 is 20.4 Å².